The third-order valence-electron chi connectivity index (χ3n) is 2.91. The highest BCUT2D eigenvalue weighted by Crippen LogP contribution is 2.31. The lowest BCUT2D eigenvalue weighted by molar-refractivity contribution is -0.142. The fourth-order valence-corrected chi connectivity index (χ4v) is 1.70. The van der Waals surface area contributed by atoms with Crippen molar-refractivity contribution in [2.24, 2.45) is 5.92 Å². The third-order valence-corrected chi connectivity index (χ3v) is 2.91. The number of aliphatic hydroxyl groups is 1. The van der Waals surface area contributed by atoms with Crippen LogP contribution in [0.2, 0.25) is 0 Å². The van der Waals surface area contributed by atoms with E-state index in [4.69, 9.17) is 5.11 Å². The van der Waals surface area contributed by atoms with Crippen LogP contribution >= 0.6 is 0 Å². The van der Waals surface area contributed by atoms with E-state index < -0.39 is 11.9 Å². The van der Waals surface area contributed by atoms with E-state index >= 15 is 0 Å². The number of aryl methyl sites for hydroxylation is 1. The highest BCUT2D eigenvalue weighted by atomic mass is 19.4. The first-order chi connectivity index (χ1) is 8.38. The second kappa shape index (κ2) is 6.22. The molecule has 0 aliphatic carbocycles. The minimum atomic E-state index is -4.43. The molecule has 1 rings (SSSR count). The molecule has 1 unspecified atom stereocenters. The van der Waals surface area contributed by atoms with Crippen LogP contribution in [-0.2, 0) is 19.1 Å². The fourth-order valence-electron chi connectivity index (χ4n) is 1.70. The molecule has 0 spiro atoms. The van der Waals surface area contributed by atoms with Crippen molar-refractivity contribution in [2.75, 3.05) is 6.61 Å². The van der Waals surface area contributed by atoms with Gasteiger partial charge in [-0.05, 0) is 18.8 Å². The fraction of sp³-hybridized carbons (Fsp3) is 0.750. The molecule has 18 heavy (non-hydrogen) atoms. The maximum atomic E-state index is 12.8. The molecule has 1 aromatic rings. The van der Waals surface area contributed by atoms with Gasteiger partial charge in [-0.3, -0.25) is 4.68 Å². The highest BCUT2D eigenvalue weighted by molar-refractivity contribution is 5.20. The lowest BCUT2D eigenvalue weighted by Gasteiger charge is -2.08. The Morgan fingerprint density at radius 3 is 2.61 bits per heavy atom. The molecule has 1 N–H and O–H groups in total. The van der Waals surface area contributed by atoms with E-state index in [1.807, 2.05) is 13.8 Å². The summed E-state index contributed by atoms with van der Waals surface area (Å²) in [6, 6.07) is 0. The summed E-state index contributed by atoms with van der Waals surface area (Å²) < 4.78 is 39.7. The summed E-state index contributed by atoms with van der Waals surface area (Å²) in [5.74, 6) is 0.289. The van der Waals surface area contributed by atoms with Gasteiger partial charge in [-0.15, -0.1) is 0 Å². The van der Waals surface area contributed by atoms with E-state index in [0.29, 0.717) is 13.0 Å². The van der Waals surface area contributed by atoms with Crippen molar-refractivity contribution < 1.29 is 18.3 Å². The van der Waals surface area contributed by atoms with Crippen LogP contribution in [0.1, 0.15) is 37.9 Å². The van der Waals surface area contributed by atoms with E-state index in [-0.39, 0.29) is 24.5 Å². The van der Waals surface area contributed by atoms with Crippen LogP contribution in [0.15, 0.2) is 6.20 Å². The van der Waals surface area contributed by atoms with Crippen molar-refractivity contribution in [3.05, 3.63) is 17.5 Å². The van der Waals surface area contributed by atoms with Crippen molar-refractivity contribution in [2.45, 2.75) is 45.8 Å². The largest absolute Gasteiger partial charge is 0.435 e. The van der Waals surface area contributed by atoms with Crippen molar-refractivity contribution in [1.82, 2.24) is 9.78 Å². The van der Waals surface area contributed by atoms with Crippen molar-refractivity contribution in [3.63, 3.8) is 0 Å². The molecule has 6 heteroatoms. The van der Waals surface area contributed by atoms with Gasteiger partial charge in [-0.1, -0.05) is 20.3 Å². The van der Waals surface area contributed by atoms with E-state index in [9.17, 15) is 13.2 Å². The zero-order valence-corrected chi connectivity index (χ0v) is 10.7. The number of alkyl halides is 3. The molecule has 0 fully saturated rings. The molecule has 0 aromatic carbocycles. The quantitative estimate of drug-likeness (QED) is 0.858. The highest BCUT2D eigenvalue weighted by Gasteiger charge is 2.36. The summed E-state index contributed by atoms with van der Waals surface area (Å²) in [6.07, 6.45) is -1.56. The molecule has 0 radical (unpaired) electrons. The zero-order valence-electron chi connectivity index (χ0n) is 10.7. The first-order valence-electron chi connectivity index (χ1n) is 6.12. The van der Waals surface area contributed by atoms with Crippen LogP contribution in [0.5, 0.6) is 0 Å². The van der Waals surface area contributed by atoms with Gasteiger partial charge in [-0.2, -0.15) is 18.3 Å². The maximum Gasteiger partial charge on any atom is 0.435 e. The molecule has 104 valence electrons. The predicted molar refractivity (Wildman–Crippen MR) is 62.1 cm³/mol. The first-order valence-corrected chi connectivity index (χ1v) is 6.12. The average molecular weight is 264 g/mol. The second-order valence-electron chi connectivity index (χ2n) is 4.56. The van der Waals surface area contributed by atoms with Gasteiger partial charge >= 0.3 is 6.18 Å². The Kier molecular flexibility index (Phi) is 5.19. The number of nitrogens with zero attached hydrogens (tertiary/aromatic N) is 2. The van der Waals surface area contributed by atoms with E-state index in [1.54, 1.807) is 0 Å². The van der Waals surface area contributed by atoms with Gasteiger partial charge in [0.25, 0.3) is 0 Å². The van der Waals surface area contributed by atoms with Gasteiger partial charge < -0.3 is 5.11 Å². The minimum Gasteiger partial charge on any atom is -0.396 e. The summed E-state index contributed by atoms with van der Waals surface area (Å²) in [5, 5.41) is 12.3. The molecule has 0 amide bonds. The number of hydrogen-bond donors (Lipinski definition) is 1. The van der Waals surface area contributed by atoms with E-state index in [2.05, 4.69) is 5.10 Å². The second-order valence-corrected chi connectivity index (χ2v) is 4.56. The normalized spacial score (nSPS) is 13.9. The Labute approximate surface area is 105 Å². The van der Waals surface area contributed by atoms with Crippen molar-refractivity contribution in [1.29, 1.82) is 0 Å². The Hall–Kier alpha value is -1.04. The summed E-state index contributed by atoms with van der Waals surface area (Å²) in [7, 11) is 0. The van der Waals surface area contributed by atoms with Crippen LogP contribution in [0, 0.1) is 5.92 Å². The molecular formula is C12H19F3N2O. The van der Waals surface area contributed by atoms with Crippen LogP contribution in [0.4, 0.5) is 13.2 Å². The summed E-state index contributed by atoms with van der Waals surface area (Å²) in [5.41, 5.74) is -0.654. The monoisotopic (exact) mass is 264 g/mol. The molecule has 0 saturated carbocycles. The molecule has 1 atom stereocenters. The van der Waals surface area contributed by atoms with E-state index in [1.165, 1.54) is 10.9 Å². The van der Waals surface area contributed by atoms with Crippen molar-refractivity contribution >= 4 is 0 Å². The number of hydrogen-bond acceptors (Lipinski definition) is 2. The van der Waals surface area contributed by atoms with Gasteiger partial charge in [0.15, 0.2) is 5.69 Å². The Bertz CT molecular complexity index is 374. The van der Waals surface area contributed by atoms with Crippen LogP contribution in [0.25, 0.3) is 0 Å². The minimum absolute atomic E-state index is 0.117. The molecule has 3 nitrogen and oxygen atoms in total. The first kappa shape index (κ1) is 15.0. The lowest BCUT2D eigenvalue weighted by Crippen LogP contribution is -2.12. The lowest BCUT2D eigenvalue weighted by atomic mass is 10.1. The average Bonchev–Trinajstić information content (AvgIpc) is 2.69. The number of halogens is 3. The maximum absolute atomic E-state index is 12.8. The molecule has 1 heterocycles. The topological polar surface area (TPSA) is 38.0 Å². The predicted octanol–water partition coefficient (Wildman–Crippen LogP) is 2.87. The van der Waals surface area contributed by atoms with Crippen molar-refractivity contribution in [3.8, 4) is 0 Å². The molecular weight excluding hydrogens is 245 g/mol. The summed E-state index contributed by atoms with van der Waals surface area (Å²) >= 11 is 0. The molecule has 0 aliphatic rings. The van der Waals surface area contributed by atoms with Crippen LogP contribution in [-0.4, -0.2) is 21.5 Å². The van der Waals surface area contributed by atoms with Gasteiger partial charge in [0.2, 0.25) is 0 Å². The molecule has 0 bridgehead atoms. The standard InChI is InChI=1S/C12H19F3N2O/c1-3-9(2)7-17-8-10(5-4-6-18)11(16-17)12(13,14)15/h8-9,18H,3-7H2,1-2H3. The molecule has 1 aromatic heterocycles. The van der Waals surface area contributed by atoms with Gasteiger partial charge in [0.1, 0.15) is 0 Å². The van der Waals surface area contributed by atoms with Gasteiger partial charge in [-0.25, -0.2) is 0 Å². The molecule has 0 saturated heterocycles. The zero-order chi connectivity index (χ0) is 13.8. The van der Waals surface area contributed by atoms with Crippen LogP contribution < -0.4 is 0 Å². The van der Waals surface area contributed by atoms with Gasteiger partial charge in [0.05, 0.1) is 0 Å². The SMILES string of the molecule is CCC(C)Cn1cc(CCCO)c(C(F)(F)F)n1. The van der Waals surface area contributed by atoms with Crippen LogP contribution in [0.3, 0.4) is 0 Å². The Balaban J connectivity index is 2.92. The van der Waals surface area contributed by atoms with Gasteiger partial charge in [0, 0.05) is 24.9 Å². The number of aromatic nitrogens is 2. The third kappa shape index (κ3) is 4.01. The summed E-state index contributed by atoms with van der Waals surface area (Å²) in [4.78, 5) is 0. The number of rotatable bonds is 6. The molecule has 0 aliphatic heterocycles. The van der Waals surface area contributed by atoms with E-state index in [0.717, 1.165) is 6.42 Å². The Morgan fingerprint density at radius 2 is 2.11 bits per heavy atom. The summed E-state index contributed by atoms with van der Waals surface area (Å²) in [6.45, 7) is 4.33. The number of aliphatic hydroxyl groups excluding tert-OH is 1. The Morgan fingerprint density at radius 1 is 1.44 bits per heavy atom. The smallest absolute Gasteiger partial charge is 0.396 e.